The first-order valence-electron chi connectivity index (χ1n) is 5.53. The molecule has 1 aliphatic rings. The van der Waals surface area contributed by atoms with Gasteiger partial charge >= 0.3 is 0 Å². The van der Waals surface area contributed by atoms with Crippen LogP contribution in [0.1, 0.15) is 42.2 Å². The fourth-order valence-electron chi connectivity index (χ4n) is 1.96. The van der Waals surface area contributed by atoms with E-state index in [1.54, 1.807) is 6.92 Å². The van der Waals surface area contributed by atoms with Crippen LogP contribution in [0.25, 0.3) is 0 Å². The van der Waals surface area contributed by atoms with E-state index in [0.717, 1.165) is 25.7 Å². The van der Waals surface area contributed by atoms with Crippen molar-refractivity contribution in [3.63, 3.8) is 0 Å². The summed E-state index contributed by atoms with van der Waals surface area (Å²) in [5.41, 5.74) is 5.93. The molecule has 6 heteroatoms. The highest BCUT2D eigenvalue weighted by Crippen LogP contribution is 2.17. The van der Waals surface area contributed by atoms with E-state index in [9.17, 15) is 4.79 Å². The van der Waals surface area contributed by atoms with Crippen LogP contribution in [0.15, 0.2) is 4.52 Å². The topological polar surface area (TPSA) is 94.0 Å². The molecule has 1 aromatic heterocycles. The molecular weight excluding hydrogens is 208 g/mol. The van der Waals surface area contributed by atoms with Crippen LogP contribution in [0.4, 0.5) is 0 Å². The number of carbonyl (C=O) groups excluding carboxylic acids is 1. The third-order valence-electron chi connectivity index (χ3n) is 2.87. The van der Waals surface area contributed by atoms with Crippen molar-refractivity contribution in [1.82, 2.24) is 15.5 Å². The van der Waals surface area contributed by atoms with Crippen molar-refractivity contribution >= 4 is 5.91 Å². The molecule has 1 aliphatic carbocycles. The Labute approximate surface area is 93.6 Å². The molecule has 0 saturated heterocycles. The molecule has 1 aromatic rings. The molecule has 0 spiro atoms. The van der Waals surface area contributed by atoms with Crippen LogP contribution in [0, 0.1) is 6.92 Å². The van der Waals surface area contributed by atoms with Crippen LogP contribution < -0.4 is 11.1 Å². The number of hydrogen-bond acceptors (Lipinski definition) is 5. The third-order valence-corrected chi connectivity index (χ3v) is 2.87. The van der Waals surface area contributed by atoms with Crippen LogP contribution in [0.2, 0.25) is 0 Å². The molecular formula is C10H16N4O2. The number of amides is 1. The Bertz CT molecular complexity index is 377. The fraction of sp³-hybridized carbons (Fsp3) is 0.700. The second-order valence-corrected chi connectivity index (χ2v) is 4.17. The Morgan fingerprint density at radius 1 is 1.50 bits per heavy atom. The first-order valence-corrected chi connectivity index (χ1v) is 5.53. The van der Waals surface area contributed by atoms with Gasteiger partial charge in [0.05, 0.1) is 0 Å². The van der Waals surface area contributed by atoms with Crippen molar-refractivity contribution in [2.24, 2.45) is 5.73 Å². The summed E-state index contributed by atoms with van der Waals surface area (Å²) in [5, 5.41) is 6.42. The predicted octanol–water partition coefficient (Wildman–Crippen LogP) is 0.378. The van der Waals surface area contributed by atoms with Gasteiger partial charge in [-0.25, -0.2) is 0 Å². The largest absolute Gasteiger partial charge is 0.345 e. The first-order chi connectivity index (χ1) is 7.66. The minimum absolute atomic E-state index is 0.0278. The number of aromatic nitrogens is 2. The summed E-state index contributed by atoms with van der Waals surface area (Å²) in [6.45, 7) is 1.65. The van der Waals surface area contributed by atoms with E-state index in [0.29, 0.717) is 5.89 Å². The van der Waals surface area contributed by atoms with Gasteiger partial charge < -0.3 is 15.6 Å². The molecule has 88 valence electrons. The van der Waals surface area contributed by atoms with E-state index in [1.807, 2.05) is 0 Å². The molecule has 1 heterocycles. The van der Waals surface area contributed by atoms with Gasteiger partial charge in [0, 0.05) is 19.0 Å². The monoisotopic (exact) mass is 224 g/mol. The number of aryl methyl sites for hydroxylation is 1. The summed E-state index contributed by atoms with van der Waals surface area (Å²) >= 11 is 0. The summed E-state index contributed by atoms with van der Waals surface area (Å²) in [4.78, 5) is 15.6. The molecule has 1 amide bonds. The molecule has 0 aliphatic heterocycles. The van der Waals surface area contributed by atoms with Gasteiger partial charge in [-0.2, -0.15) is 4.98 Å². The zero-order valence-electron chi connectivity index (χ0n) is 9.27. The average molecular weight is 224 g/mol. The van der Waals surface area contributed by atoms with Gasteiger partial charge in [0.2, 0.25) is 5.89 Å². The van der Waals surface area contributed by atoms with E-state index in [4.69, 9.17) is 10.3 Å². The Kier molecular flexibility index (Phi) is 3.19. The molecule has 16 heavy (non-hydrogen) atoms. The van der Waals surface area contributed by atoms with Crippen molar-refractivity contribution < 1.29 is 9.32 Å². The molecule has 2 atom stereocenters. The zero-order chi connectivity index (χ0) is 11.5. The number of nitrogens with zero attached hydrogens (tertiary/aromatic N) is 2. The number of nitrogens with two attached hydrogens (primary N) is 1. The molecule has 2 rings (SSSR count). The third kappa shape index (κ3) is 2.38. The van der Waals surface area contributed by atoms with E-state index >= 15 is 0 Å². The number of carbonyl (C=O) groups is 1. The molecule has 1 saturated carbocycles. The van der Waals surface area contributed by atoms with Gasteiger partial charge in [-0.1, -0.05) is 18.0 Å². The Morgan fingerprint density at radius 2 is 2.25 bits per heavy atom. The summed E-state index contributed by atoms with van der Waals surface area (Å²) in [7, 11) is 0. The lowest BCUT2D eigenvalue weighted by Crippen LogP contribution is -2.49. The highest BCUT2D eigenvalue weighted by molar-refractivity contribution is 5.90. The Hall–Kier alpha value is -1.43. The molecule has 6 nitrogen and oxygen atoms in total. The maximum absolute atomic E-state index is 11.7. The van der Waals surface area contributed by atoms with E-state index in [1.165, 1.54) is 0 Å². The fourth-order valence-corrected chi connectivity index (χ4v) is 1.96. The number of rotatable bonds is 2. The van der Waals surface area contributed by atoms with Gasteiger partial charge in [0.1, 0.15) is 0 Å². The second-order valence-electron chi connectivity index (χ2n) is 4.17. The minimum Gasteiger partial charge on any atom is -0.345 e. The van der Waals surface area contributed by atoms with Crippen molar-refractivity contribution in [3.05, 3.63) is 11.7 Å². The normalized spacial score (nSPS) is 25.4. The molecule has 0 radical (unpaired) electrons. The lowest BCUT2D eigenvalue weighted by molar-refractivity contribution is 0.0907. The number of hydrogen-bond donors (Lipinski definition) is 2. The van der Waals surface area contributed by atoms with Crippen molar-refractivity contribution in [2.75, 3.05) is 0 Å². The van der Waals surface area contributed by atoms with Crippen LogP contribution in [-0.4, -0.2) is 28.1 Å². The molecule has 0 aromatic carbocycles. The SMILES string of the molecule is Cc1nc(C(=O)N[C@@H]2CCCC[C@H]2N)no1. The van der Waals surface area contributed by atoms with Crippen molar-refractivity contribution in [2.45, 2.75) is 44.7 Å². The average Bonchev–Trinajstić information content (AvgIpc) is 2.68. The second kappa shape index (κ2) is 4.61. The standard InChI is InChI=1S/C10H16N4O2/c1-6-12-9(14-16-6)10(15)13-8-5-3-2-4-7(8)11/h7-8H,2-5,11H2,1H3,(H,13,15)/t7-,8-/m1/s1. The van der Waals surface area contributed by atoms with Gasteiger partial charge in [-0.05, 0) is 12.8 Å². The van der Waals surface area contributed by atoms with Gasteiger partial charge in [-0.15, -0.1) is 0 Å². The Balaban J connectivity index is 1.96. The first kappa shape index (κ1) is 11.1. The van der Waals surface area contributed by atoms with Crippen LogP contribution in [-0.2, 0) is 0 Å². The highest BCUT2D eigenvalue weighted by Gasteiger charge is 2.25. The van der Waals surface area contributed by atoms with E-state index < -0.39 is 0 Å². The summed E-state index contributed by atoms with van der Waals surface area (Å²) in [6, 6.07) is 0.0609. The van der Waals surface area contributed by atoms with Crippen molar-refractivity contribution in [3.8, 4) is 0 Å². The lowest BCUT2D eigenvalue weighted by Gasteiger charge is -2.28. The summed E-state index contributed by atoms with van der Waals surface area (Å²) < 4.78 is 4.75. The maximum Gasteiger partial charge on any atom is 0.292 e. The van der Waals surface area contributed by atoms with Crippen LogP contribution >= 0.6 is 0 Å². The van der Waals surface area contributed by atoms with Crippen LogP contribution in [0.5, 0.6) is 0 Å². The lowest BCUT2D eigenvalue weighted by atomic mass is 9.91. The summed E-state index contributed by atoms with van der Waals surface area (Å²) in [6.07, 6.45) is 4.11. The van der Waals surface area contributed by atoms with Gasteiger partial charge in [0.15, 0.2) is 0 Å². The highest BCUT2D eigenvalue weighted by atomic mass is 16.5. The van der Waals surface area contributed by atoms with Crippen LogP contribution in [0.3, 0.4) is 0 Å². The summed E-state index contributed by atoms with van der Waals surface area (Å²) in [5.74, 6) is 0.160. The van der Waals surface area contributed by atoms with Crippen molar-refractivity contribution in [1.29, 1.82) is 0 Å². The molecule has 1 fully saturated rings. The molecule has 0 unspecified atom stereocenters. The van der Waals surface area contributed by atoms with E-state index in [2.05, 4.69) is 15.5 Å². The van der Waals surface area contributed by atoms with Gasteiger partial charge in [-0.3, -0.25) is 4.79 Å². The molecule has 3 N–H and O–H groups in total. The molecule has 0 bridgehead atoms. The van der Waals surface area contributed by atoms with Gasteiger partial charge in [0.25, 0.3) is 11.7 Å². The smallest absolute Gasteiger partial charge is 0.292 e. The number of nitrogens with one attached hydrogen (secondary N) is 1. The zero-order valence-corrected chi connectivity index (χ0v) is 9.27. The minimum atomic E-state index is -0.306. The van der Waals surface area contributed by atoms with E-state index in [-0.39, 0.29) is 23.8 Å². The quantitative estimate of drug-likeness (QED) is 0.757. The maximum atomic E-state index is 11.7. The predicted molar refractivity (Wildman–Crippen MR) is 56.7 cm³/mol. The Morgan fingerprint density at radius 3 is 2.88 bits per heavy atom.